The summed E-state index contributed by atoms with van der Waals surface area (Å²) in [7, 11) is 0. The van der Waals surface area contributed by atoms with Crippen LogP contribution in [0, 0.1) is 0 Å². The maximum Gasteiger partial charge on any atom is 0.345 e. The smallest absolute Gasteiger partial charge is 0.345 e. The van der Waals surface area contributed by atoms with E-state index in [0.29, 0.717) is 24.3 Å². The molecule has 1 aromatic carbocycles. The summed E-state index contributed by atoms with van der Waals surface area (Å²) in [6.45, 7) is 0.433. The number of phenolic OH excluding ortho intramolecular Hbond substituents is 1. The number of ether oxygens (including phenoxy) is 2. The molecule has 2 heterocycles. The maximum absolute atomic E-state index is 11.4. The summed E-state index contributed by atoms with van der Waals surface area (Å²) in [5.74, 6) is -0.208. The quantitative estimate of drug-likeness (QED) is 0.607. The fourth-order valence-corrected chi connectivity index (χ4v) is 1.99. The van der Waals surface area contributed by atoms with Crippen molar-refractivity contribution < 1.29 is 24.5 Å². The van der Waals surface area contributed by atoms with Crippen LogP contribution in [0.3, 0.4) is 0 Å². The number of aliphatic hydroxyl groups excluding tert-OH is 1. The van der Waals surface area contributed by atoms with E-state index in [2.05, 4.69) is 4.74 Å². The van der Waals surface area contributed by atoms with Gasteiger partial charge < -0.3 is 19.7 Å². The lowest BCUT2D eigenvalue weighted by Crippen LogP contribution is -1.98. The topological polar surface area (TPSA) is 76.0 Å². The van der Waals surface area contributed by atoms with E-state index in [9.17, 15) is 15.0 Å². The first kappa shape index (κ1) is 8.55. The Hall–Kier alpha value is -1.75. The molecule has 0 aliphatic carbocycles. The lowest BCUT2D eigenvalue weighted by molar-refractivity contribution is -0.0548. The Morgan fingerprint density at radius 2 is 2.27 bits per heavy atom. The summed E-state index contributed by atoms with van der Waals surface area (Å²) in [6, 6.07) is 1.36. The number of carbonyl (C=O) groups is 1. The Labute approximate surface area is 84.9 Å². The highest BCUT2D eigenvalue weighted by Crippen LogP contribution is 2.44. The molecule has 1 aromatic rings. The van der Waals surface area contributed by atoms with Crippen LogP contribution in [0.25, 0.3) is 0 Å². The highest BCUT2D eigenvalue weighted by molar-refractivity contribution is 5.98. The first-order valence-electron chi connectivity index (χ1n) is 4.59. The van der Waals surface area contributed by atoms with Crippen molar-refractivity contribution in [1.82, 2.24) is 0 Å². The SMILES string of the molecule is O=C1OC(O)c2cc(O)c3c(c21)OCC3. The average molecular weight is 208 g/mol. The maximum atomic E-state index is 11.4. The normalized spacial score (nSPS) is 21.9. The Bertz CT molecular complexity index is 465. The number of aliphatic hydroxyl groups is 1. The third-order valence-electron chi connectivity index (χ3n) is 2.68. The van der Waals surface area contributed by atoms with Crippen molar-refractivity contribution >= 4 is 5.97 Å². The number of esters is 1. The fraction of sp³-hybridized carbons (Fsp3) is 0.300. The molecule has 0 amide bonds. The van der Waals surface area contributed by atoms with Gasteiger partial charge in [-0.1, -0.05) is 0 Å². The van der Waals surface area contributed by atoms with Crippen LogP contribution in [0.4, 0.5) is 0 Å². The van der Waals surface area contributed by atoms with Gasteiger partial charge in [-0.05, 0) is 6.07 Å². The third-order valence-corrected chi connectivity index (χ3v) is 2.68. The molecular formula is C10H8O5. The third kappa shape index (κ3) is 0.979. The lowest BCUT2D eigenvalue weighted by Gasteiger charge is -2.06. The Morgan fingerprint density at radius 1 is 1.47 bits per heavy atom. The summed E-state index contributed by atoms with van der Waals surface area (Å²) in [5.41, 5.74) is 1.13. The van der Waals surface area contributed by atoms with Crippen molar-refractivity contribution in [1.29, 1.82) is 0 Å². The number of aromatic hydroxyl groups is 1. The second kappa shape index (κ2) is 2.64. The molecule has 5 nitrogen and oxygen atoms in total. The van der Waals surface area contributed by atoms with Gasteiger partial charge in [0.2, 0.25) is 6.29 Å². The second-order valence-corrected chi connectivity index (χ2v) is 3.52. The molecule has 2 aliphatic rings. The minimum Gasteiger partial charge on any atom is -0.508 e. The number of cyclic esters (lactones) is 1. The number of hydrogen-bond acceptors (Lipinski definition) is 5. The van der Waals surface area contributed by atoms with Gasteiger partial charge in [0.1, 0.15) is 17.1 Å². The van der Waals surface area contributed by atoms with Gasteiger partial charge >= 0.3 is 5.97 Å². The largest absolute Gasteiger partial charge is 0.508 e. The molecule has 0 bridgehead atoms. The number of fused-ring (bicyclic) bond motifs is 3. The van der Waals surface area contributed by atoms with E-state index >= 15 is 0 Å². The summed E-state index contributed by atoms with van der Waals surface area (Å²) in [6.07, 6.45) is -0.731. The van der Waals surface area contributed by atoms with Crippen LogP contribution in [-0.4, -0.2) is 22.8 Å². The van der Waals surface area contributed by atoms with Gasteiger partial charge in [-0.15, -0.1) is 0 Å². The van der Waals surface area contributed by atoms with Crippen molar-refractivity contribution in [2.75, 3.05) is 6.61 Å². The molecule has 1 atom stereocenters. The monoisotopic (exact) mass is 208 g/mol. The molecule has 2 N–H and O–H groups in total. The van der Waals surface area contributed by atoms with Gasteiger partial charge in [0.25, 0.3) is 0 Å². The van der Waals surface area contributed by atoms with Crippen molar-refractivity contribution in [3.05, 3.63) is 22.8 Å². The molecule has 0 saturated heterocycles. The van der Waals surface area contributed by atoms with Crippen LogP contribution in [0.1, 0.15) is 27.8 Å². The minimum atomic E-state index is -1.30. The molecule has 2 aliphatic heterocycles. The molecule has 0 radical (unpaired) electrons. The fourth-order valence-electron chi connectivity index (χ4n) is 1.99. The lowest BCUT2D eigenvalue weighted by atomic mass is 10.0. The van der Waals surface area contributed by atoms with E-state index in [0.717, 1.165) is 0 Å². The highest BCUT2D eigenvalue weighted by Gasteiger charge is 2.37. The van der Waals surface area contributed by atoms with Gasteiger partial charge in [-0.25, -0.2) is 4.79 Å². The molecular weight excluding hydrogens is 200 g/mol. The zero-order valence-electron chi connectivity index (χ0n) is 7.69. The summed E-state index contributed by atoms with van der Waals surface area (Å²) >= 11 is 0. The van der Waals surface area contributed by atoms with Gasteiger partial charge in [0.15, 0.2) is 0 Å². The first-order valence-corrected chi connectivity index (χ1v) is 4.59. The van der Waals surface area contributed by atoms with Gasteiger partial charge in [-0.3, -0.25) is 0 Å². The molecule has 15 heavy (non-hydrogen) atoms. The molecule has 5 heteroatoms. The van der Waals surface area contributed by atoms with E-state index < -0.39 is 12.3 Å². The summed E-state index contributed by atoms with van der Waals surface area (Å²) in [5, 5.41) is 19.0. The van der Waals surface area contributed by atoms with Gasteiger partial charge in [0.05, 0.1) is 6.61 Å². The number of hydrogen-bond donors (Lipinski definition) is 2. The molecule has 0 aromatic heterocycles. The molecule has 0 saturated carbocycles. The van der Waals surface area contributed by atoms with E-state index in [4.69, 9.17) is 4.74 Å². The predicted molar refractivity (Wildman–Crippen MR) is 47.7 cm³/mol. The van der Waals surface area contributed by atoms with Gasteiger partial charge in [-0.2, -0.15) is 0 Å². The number of carbonyl (C=O) groups excluding carboxylic acids is 1. The van der Waals surface area contributed by atoms with Crippen LogP contribution in [0.5, 0.6) is 11.5 Å². The molecule has 78 valence electrons. The van der Waals surface area contributed by atoms with Crippen LogP contribution in [-0.2, 0) is 11.2 Å². The highest BCUT2D eigenvalue weighted by atomic mass is 16.6. The van der Waals surface area contributed by atoms with Gasteiger partial charge in [0, 0.05) is 17.5 Å². The Kier molecular flexibility index (Phi) is 1.50. The Morgan fingerprint density at radius 3 is 3.07 bits per heavy atom. The molecule has 3 rings (SSSR count). The van der Waals surface area contributed by atoms with Crippen LogP contribution in [0.15, 0.2) is 6.07 Å². The minimum absolute atomic E-state index is 0.0404. The van der Waals surface area contributed by atoms with E-state index in [-0.39, 0.29) is 16.9 Å². The number of phenols is 1. The molecule has 1 unspecified atom stereocenters. The Balaban J connectivity index is 2.32. The summed E-state index contributed by atoms with van der Waals surface area (Å²) < 4.78 is 9.91. The van der Waals surface area contributed by atoms with Crippen LogP contribution < -0.4 is 4.74 Å². The average Bonchev–Trinajstić information content (AvgIpc) is 2.73. The first-order chi connectivity index (χ1) is 7.18. The second-order valence-electron chi connectivity index (χ2n) is 3.52. The summed E-state index contributed by atoms with van der Waals surface area (Å²) in [4.78, 5) is 11.4. The number of rotatable bonds is 0. The number of benzene rings is 1. The van der Waals surface area contributed by atoms with Crippen molar-refractivity contribution in [2.45, 2.75) is 12.7 Å². The van der Waals surface area contributed by atoms with Crippen molar-refractivity contribution in [3.63, 3.8) is 0 Å². The molecule has 0 fully saturated rings. The van der Waals surface area contributed by atoms with E-state index in [1.165, 1.54) is 6.07 Å². The predicted octanol–water partition coefficient (Wildman–Crippen LogP) is 0.488. The van der Waals surface area contributed by atoms with Crippen molar-refractivity contribution in [2.24, 2.45) is 0 Å². The van der Waals surface area contributed by atoms with Crippen LogP contribution in [0.2, 0.25) is 0 Å². The standard InChI is InChI=1S/C10H8O5/c11-6-3-5-7(10(13)15-9(5)12)8-4(6)1-2-14-8/h3,9,11-12H,1-2H2. The van der Waals surface area contributed by atoms with Crippen molar-refractivity contribution in [3.8, 4) is 11.5 Å². The van der Waals surface area contributed by atoms with E-state index in [1.54, 1.807) is 0 Å². The van der Waals surface area contributed by atoms with Crippen LogP contribution >= 0.6 is 0 Å². The zero-order valence-corrected chi connectivity index (χ0v) is 7.69. The van der Waals surface area contributed by atoms with E-state index in [1.807, 2.05) is 0 Å². The molecule has 0 spiro atoms. The zero-order chi connectivity index (χ0) is 10.6.